The van der Waals surface area contributed by atoms with Crippen LogP contribution >= 0.6 is 0 Å². The van der Waals surface area contributed by atoms with Gasteiger partial charge < -0.3 is 19.8 Å². The van der Waals surface area contributed by atoms with Crippen LogP contribution in [0.4, 0.5) is 5.69 Å². The Hall–Kier alpha value is -2.89. The molecule has 0 atom stereocenters. The van der Waals surface area contributed by atoms with Gasteiger partial charge in [-0.1, -0.05) is 12.1 Å². The first-order chi connectivity index (χ1) is 11.7. The molecule has 6 nitrogen and oxygen atoms in total. The number of hydrazone groups is 1. The van der Waals surface area contributed by atoms with E-state index in [9.17, 15) is 10.2 Å². The van der Waals surface area contributed by atoms with Crippen LogP contribution in [0.3, 0.4) is 0 Å². The number of ether oxygens (including phenoxy) is 1. The zero-order chi connectivity index (χ0) is 16.9. The quantitative estimate of drug-likeness (QED) is 0.843. The monoisotopic (exact) mass is 327 g/mol. The summed E-state index contributed by atoms with van der Waals surface area (Å²) < 4.78 is 5.42. The number of nitrogens with zero attached hydrogens (tertiary/aromatic N) is 3. The van der Waals surface area contributed by atoms with Crippen LogP contribution in [0.25, 0.3) is 0 Å². The van der Waals surface area contributed by atoms with Crippen molar-refractivity contribution >= 4 is 11.9 Å². The molecule has 0 spiro atoms. The maximum Gasteiger partial charge on any atom is 0.142 e. The highest BCUT2D eigenvalue weighted by Gasteiger charge is 2.18. The SMILES string of the molecule is COc1ccccc1N1CCN(N=Cc2ccc(O)cc2O)CC1. The summed E-state index contributed by atoms with van der Waals surface area (Å²) in [4.78, 5) is 2.28. The van der Waals surface area contributed by atoms with Gasteiger partial charge in [-0.2, -0.15) is 5.10 Å². The van der Waals surface area contributed by atoms with Crippen molar-refractivity contribution in [1.29, 1.82) is 0 Å². The lowest BCUT2D eigenvalue weighted by atomic mass is 10.2. The number of rotatable bonds is 4. The van der Waals surface area contributed by atoms with Gasteiger partial charge in [0.05, 0.1) is 32.1 Å². The Bertz CT molecular complexity index is 725. The highest BCUT2D eigenvalue weighted by atomic mass is 16.5. The van der Waals surface area contributed by atoms with E-state index in [1.807, 2.05) is 23.2 Å². The van der Waals surface area contributed by atoms with E-state index in [1.165, 1.54) is 12.1 Å². The maximum absolute atomic E-state index is 9.78. The van der Waals surface area contributed by atoms with E-state index in [0.717, 1.165) is 37.6 Å². The van der Waals surface area contributed by atoms with Crippen molar-refractivity contribution in [3.8, 4) is 17.2 Å². The Balaban J connectivity index is 1.62. The minimum Gasteiger partial charge on any atom is -0.508 e. The summed E-state index contributed by atoms with van der Waals surface area (Å²) in [6.45, 7) is 3.26. The van der Waals surface area contributed by atoms with Crippen LogP contribution in [0.1, 0.15) is 5.56 Å². The Kier molecular flexibility index (Phi) is 4.74. The van der Waals surface area contributed by atoms with Gasteiger partial charge in [-0.25, -0.2) is 0 Å². The molecule has 1 aliphatic rings. The summed E-state index contributed by atoms with van der Waals surface area (Å²) in [5.41, 5.74) is 1.68. The minimum absolute atomic E-state index is 0.0198. The molecule has 3 rings (SSSR count). The van der Waals surface area contributed by atoms with E-state index in [4.69, 9.17) is 4.74 Å². The number of benzene rings is 2. The van der Waals surface area contributed by atoms with E-state index in [1.54, 1.807) is 19.4 Å². The number of anilines is 1. The number of para-hydroxylation sites is 2. The number of piperazine rings is 1. The van der Waals surface area contributed by atoms with Gasteiger partial charge in [0, 0.05) is 24.7 Å². The summed E-state index contributed by atoms with van der Waals surface area (Å²) >= 11 is 0. The molecule has 0 bridgehead atoms. The number of phenolic OH excluding ortho intramolecular Hbond substituents is 2. The van der Waals surface area contributed by atoms with Crippen molar-refractivity contribution in [3.63, 3.8) is 0 Å². The first-order valence-corrected chi connectivity index (χ1v) is 7.86. The maximum atomic E-state index is 9.78. The second-order valence-electron chi connectivity index (χ2n) is 5.60. The average molecular weight is 327 g/mol. The minimum atomic E-state index is 0.0198. The number of phenols is 2. The van der Waals surface area contributed by atoms with Gasteiger partial charge in [0.2, 0.25) is 0 Å². The van der Waals surface area contributed by atoms with E-state index in [2.05, 4.69) is 16.1 Å². The third kappa shape index (κ3) is 3.53. The lowest BCUT2D eigenvalue weighted by Crippen LogP contribution is -2.44. The van der Waals surface area contributed by atoms with Crippen LogP contribution in [0, 0.1) is 0 Å². The summed E-state index contributed by atoms with van der Waals surface area (Å²) in [5.74, 6) is 0.935. The molecule has 0 aromatic heterocycles. The molecule has 2 aromatic rings. The number of hydrogen-bond acceptors (Lipinski definition) is 6. The molecular formula is C18H21N3O3. The van der Waals surface area contributed by atoms with Crippen molar-refractivity contribution in [3.05, 3.63) is 48.0 Å². The predicted octanol–water partition coefficient (Wildman–Crippen LogP) is 2.26. The molecule has 0 saturated carbocycles. The molecule has 24 heavy (non-hydrogen) atoms. The average Bonchev–Trinajstić information content (AvgIpc) is 2.61. The zero-order valence-electron chi connectivity index (χ0n) is 13.6. The summed E-state index contributed by atoms with van der Waals surface area (Å²) in [6, 6.07) is 12.5. The highest BCUT2D eigenvalue weighted by molar-refractivity contribution is 5.83. The fourth-order valence-electron chi connectivity index (χ4n) is 2.73. The van der Waals surface area contributed by atoms with E-state index in [0.29, 0.717) is 5.56 Å². The van der Waals surface area contributed by atoms with Gasteiger partial charge in [-0.15, -0.1) is 0 Å². The molecule has 2 N–H and O–H groups in total. The molecule has 126 valence electrons. The second-order valence-corrected chi connectivity index (χ2v) is 5.60. The smallest absolute Gasteiger partial charge is 0.142 e. The molecule has 1 heterocycles. The van der Waals surface area contributed by atoms with Crippen LogP contribution in [0.5, 0.6) is 17.2 Å². The fraction of sp³-hybridized carbons (Fsp3) is 0.278. The first-order valence-electron chi connectivity index (χ1n) is 7.86. The van der Waals surface area contributed by atoms with Crippen molar-refractivity contribution in [2.45, 2.75) is 0 Å². The largest absolute Gasteiger partial charge is 0.508 e. The van der Waals surface area contributed by atoms with E-state index < -0.39 is 0 Å². The Morgan fingerprint density at radius 3 is 2.50 bits per heavy atom. The molecular weight excluding hydrogens is 306 g/mol. The van der Waals surface area contributed by atoms with Gasteiger partial charge in [0.15, 0.2) is 0 Å². The van der Waals surface area contributed by atoms with E-state index >= 15 is 0 Å². The van der Waals surface area contributed by atoms with Crippen LogP contribution in [-0.4, -0.2) is 54.7 Å². The normalized spacial score (nSPS) is 15.0. The molecule has 0 aliphatic carbocycles. The van der Waals surface area contributed by atoms with Gasteiger partial charge in [-0.3, -0.25) is 5.01 Å². The molecule has 0 amide bonds. The van der Waals surface area contributed by atoms with Crippen molar-refractivity contribution < 1.29 is 14.9 Å². The fourth-order valence-corrected chi connectivity index (χ4v) is 2.73. The Morgan fingerprint density at radius 1 is 1.04 bits per heavy atom. The third-order valence-electron chi connectivity index (χ3n) is 4.06. The second kappa shape index (κ2) is 7.12. The Morgan fingerprint density at radius 2 is 1.79 bits per heavy atom. The van der Waals surface area contributed by atoms with Crippen molar-refractivity contribution in [2.24, 2.45) is 5.10 Å². The van der Waals surface area contributed by atoms with Gasteiger partial charge in [0.1, 0.15) is 17.2 Å². The molecule has 0 radical (unpaired) electrons. The van der Waals surface area contributed by atoms with Crippen LogP contribution < -0.4 is 9.64 Å². The number of aromatic hydroxyl groups is 2. The summed E-state index contributed by atoms with van der Waals surface area (Å²) in [5, 5.41) is 25.5. The molecule has 1 fully saturated rings. The predicted molar refractivity (Wildman–Crippen MR) is 94.1 cm³/mol. The molecule has 1 saturated heterocycles. The van der Waals surface area contributed by atoms with Crippen LogP contribution in [0.2, 0.25) is 0 Å². The number of hydrogen-bond donors (Lipinski definition) is 2. The molecule has 0 unspecified atom stereocenters. The summed E-state index contributed by atoms with van der Waals surface area (Å²) in [7, 11) is 1.68. The highest BCUT2D eigenvalue weighted by Crippen LogP contribution is 2.28. The Labute approximate surface area is 141 Å². The van der Waals surface area contributed by atoms with E-state index in [-0.39, 0.29) is 11.5 Å². The zero-order valence-corrected chi connectivity index (χ0v) is 13.6. The summed E-state index contributed by atoms with van der Waals surface area (Å²) in [6.07, 6.45) is 1.62. The standard InChI is InChI=1S/C18H21N3O3/c1-24-18-5-3-2-4-16(18)20-8-10-21(11-9-20)19-13-14-6-7-15(22)12-17(14)23/h2-7,12-13,22-23H,8-11H2,1H3. The lowest BCUT2D eigenvalue weighted by molar-refractivity contribution is 0.271. The van der Waals surface area contributed by atoms with Gasteiger partial charge in [-0.05, 0) is 24.3 Å². The van der Waals surface area contributed by atoms with Gasteiger partial charge >= 0.3 is 0 Å². The van der Waals surface area contributed by atoms with Crippen LogP contribution in [0.15, 0.2) is 47.6 Å². The third-order valence-corrected chi connectivity index (χ3v) is 4.06. The van der Waals surface area contributed by atoms with Gasteiger partial charge in [0.25, 0.3) is 0 Å². The molecule has 2 aromatic carbocycles. The lowest BCUT2D eigenvalue weighted by Gasteiger charge is -2.35. The molecule has 6 heteroatoms. The van der Waals surface area contributed by atoms with Crippen LogP contribution in [-0.2, 0) is 0 Å². The van der Waals surface area contributed by atoms with Crippen molar-refractivity contribution in [1.82, 2.24) is 5.01 Å². The molecule has 1 aliphatic heterocycles. The topological polar surface area (TPSA) is 68.5 Å². The first kappa shape index (κ1) is 16.0. The number of methoxy groups -OCH3 is 1. The van der Waals surface area contributed by atoms with Crippen molar-refractivity contribution in [2.75, 3.05) is 38.2 Å².